The number of anilines is 1. The van der Waals surface area contributed by atoms with Crippen molar-refractivity contribution in [2.45, 2.75) is 13.5 Å². The summed E-state index contributed by atoms with van der Waals surface area (Å²) in [6.45, 7) is 5.25. The first-order chi connectivity index (χ1) is 16.5. The molecule has 0 aliphatic carbocycles. The maximum Gasteiger partial charge on any atom is 0.259 e. The van der Waals surface area contributed by atoms with Gasteiger partial charge in [-0.1, -0.05) is 23.4 Å². The zero-order valence-corrected chi connectivity index (χ0v) is 19.1. The van der Waals surface area contributed by atoms with E-state index in [9.17, 15) is 9.18 Å². The zero-order valence-electron chi connectivity index (χ0n) is 19.1. The van der Waals surface area contributed by atoms with Crippen molar-refractivity contribution >= 4 is 22.7 Å². The van der Waals surface area contributed by atoms with Crippen LogP contribution in [0.1, 0.15) is 21.6 Å². The fraction of sp³-hybridized carbons (Fsp3) is 0.269. The Kier molecular flexibility index (Phi) is 5.98. The van der Waals surface area contributed by atoms with Gasteiger partial charge in [-0.25, -0.2) is 9.37 Å². The third-order valence-electron chi connectivity index (χ3n) is 6.09. The van der Waals surface area contributed by atoms with E-state index in [-0.39, 0.29) is 17.4 Å². The predicted octanol–water partition coefficient (Wildman–Crippen LogP) is 4.45. The van der Waals surface area contributed by atoms with E-state index in [1.165, 1.54) is 12.1 Å². The van der Waals surface area contributed by atoms with Gasteiger partial charge in [0, 0.05) is 37.9 Å². The molecule has 0 radical (unpaired) electrons. The number of para-hydroxylation sites is 1. The van der Waals surface area contributed by atoms with E-state index in [0.29, 0.717) is 47.7 Å². The molecule has 1 fully saturated rings. The highest BCUT2D eigenvalue weighted by Crippen LogP contribution is 2.29. The molecule has 34 heavy (non-hydrogen) atoms. The molecule has 0 spiro atoms. The van der Waals surface area contributed by atoms with E-state index >= 15 is 0 Å². The average molecular weight is 461 g/mol. The van der Waals surface area contributed by atoms with Crippen molar-refractivity contribution in [2.24, 2.45) is 0 Å². The van der Waals surface area contributed by atoms with E-state index in [4.69, 9.17) is 9.26 Å². The average Bonchev–Trinajstić information content (AvgIpc) is 3.25. The van der Waals surface area contributed by atoms with E-state index in [1.54, 1.807) is 37.1 Å². The number of fused-ring (bicyclic) bond motifs is 1. The summed E-state index contributed by atoms with van der Waals surface area (Å²) in [5, 5.41) is 4.61. The molecule has 1 aliphatic rings. The first kappa shape index (κ1) is 22.0. The monoisotopic (exact) mass is 460 g/mol. The number of nitrogens with zero attached hydrogens (tertiary/aromatic N) is 4. The van der Waals surface area contributed by atoms with Gasteiger partial charge in [-0.05, 0) is 48.9 Å². The van der Waals surface area contributed by atoms with Gasteiger partial charge in [-0.3, -0.25) is 4.79 Å². The minimum atomic E-state index is -0.338. The highest BCUT2D eigenvalue weighted by atomic mass is 19.1. The summed E-state index contributed by atoms with van der Waals surface area (Å²) in [5.74, 6) is -0.505. The number of ether oxygens (including phenoxy) is 1. The standard InChI is InChI=1S/C26H25FN4O3/c1-17-24-21(15-22(28-25(24)34-29-17)18-7-9-20(27)10-8-18)26(32)30(2)16-19-5-3-4-6-23(19)31-11-13-33-14-12-31/h3-10,15H,11-14,16H2,1-2H3. The van der Waals surface area contributed by atoms with Crippen LogP contribution >= 0.6 is 0 Å². The predicted molar refractivity (Wildman–Crippen MR) is 127 cm³/mol. The van der Waals surface area contributed by atoms with Crippen LogP contribution in [-0.2, 0) is 11.3 Å². The zero-order chi connectivity index (χ0) is 23.7. The number of rotatable bonds is 5. The normalized spacial score (nSPS) is 13.9. The van der Waals surface area contributed by atoms with Crippen molar-refractivity contribution in [1.29, 1.82) is 0 Å². The molecule has 1 aliphatic heterocycles. The molecule has 3 heterocycles. The summed E-state index contributed by atoms with van der Waals surface area (Å²) >= 11 is 0. The maximum atomic E-state index is 13.7. The summed E-state index contributed by atoms with van der Waals surface area (Å²) in [7, 11) is 1.78. The molecule has 7 nitrogen and oxygen atoms in total. The maximum absolute atomic E-state index is 13.7. The van der Waals surface area contributed by atoms with Gasteiger partial charge in [-0.15, -0.1) is 0 Å². The van der Waals surface area contributed by atoms with Gasteiger partial charge in [0.1, 0.15) is 5.82 Å². The van der Waals surface area contributed by atoms with E-state index in [1.807, 2.05) is 18.2 Å². The number of aromatic nitrogens is 2. The molecule has 2 aromatic heterocycles. The molecule has 2 aromatic carbocycles. The van der Waals surface area contributed by atoms with Crippen molar-refractivity contribution in [1.82, 2.24) is 15.0 Å². The van der Waals surface area contributed by atoms with E-state index in [2.05, 4.69) is 21.1 Å². The number of benzene rings is 2. The number of morpholine rings is 1. The largest absolute Gasteiger partial charge is 0.378 e. The third kappa shape index (κ3) is 4.24. The lowest BCUT2D eigenvalue weighted by molar-refractivity contribution is 0.0786. The van der Waals surface area contributed by atoms with E-state index in [0.717, 1.165) is 24.3 Å². The number of carbonyl (C=O) groups excluding carboxylic acids is 1. The highest BCUT2D eigenvalue weighted by Gasteiger charge is 2.23. The molecular weight excluding hydrogens is 435 g/mol. The third-order valence-corrected chi connectivity index (χ3v) is 6.09. The second-order valence-electron chi connectivity index (χ2n) is 8.40. The summed E-state index contributed by atoms with van der Waals surface area (Å²) in [5.41, 5.74) is 4.71. The fourth-order valence-corrected chi connectivity index (χ4v) is 4.32. The number of aryl methyl sites for hydroxylation is 1. The number of hydrogen-bond donors (Lipinski definition) is 0. The molecule has 0 unspecified atom stereocenters. The topological polar surface area (TPSA) is 71.7 Å². The summed E-state index contributed by atoms with van der Waals surface area (Å²) in [4.78, 5) is 22.2. The Balaban J connectivity index is 1.49. The molecule has 1 amide bonds. The Morgan fingerprint density at radius 3 is 2.62 bits per heavy atom. The lowest BCUT2D eigenvalue weighted by Crippen LogP contribution is -2.37. The number of halogens is 1. The van der Waals surface area contributed by atoms with Gasteiger partial charge >= 0.3 is 0 Å². The van der Waals surface area contributed by atoms with Crippen LogP contribution in [0.2, 0.25) is 0 Å². The minimum Gasteiger partial charge on any atom is -0.378 e. The Labute approximate surface area is 196 Å². The van der Waals surface area contributed by atoms with Crippen molar-refractivity contribution in [3.63, 3.8) is 0 Å². The lowest BCUT2D eigenvalue weighted by atomic mass is 10.0. The first-order valence-corrected chi connectivity index (χ1v) is 11.2. The van der Waals surface area contributed by atoms with Crippen LogP contribution in [0.5, 0.6) is 0 Å². The molecule has 5 rings (SSSR count). The molecule has 0 atom stereocenters. The number of amides is 1. The first-order valence-electron chi connectivity index (χ1n) is 11.2. The Morgan fingerprint density at radius 1 is 1.12 bits per heavy atom. The van der Waals surface area contributed by atoms with Crippen molar-refractivity contribution in [2.75, 3.05) is 38.3 Å². The number of carbonyl (C=O) groups is 1. The van der Waals surface area contributed by atoms with E-state index < -0.39 is 0 Å². The second-order valence-corrected chi connectivity index (χ2v) is 8.40. The molecule has 1 saturated heterocycles. The van der Waals surface area contributed by atoms with Crippen LogP contribution in [0.4, 0.5) is 10.1 Å². The molecule has 174 valence electrons. The van der Waals surface area contributed by atoms with Crippen molar-refractivity contribution in [3.05, 3.63) is 77.2 Å². The van der Waals surface area contributed by atoms with Gasteiger partial charge in [0.25, 0.3) is 11.6 Å². The van der Waals surface area contributed by atoms with Crippen LogP contribution in [0.25, 0.3) is 22.4 Å². The van der Waals surface area contributed by atoms with Gasteiger partial charge in [0.2, 0.25) is 0 Å². The van der Waals surface area contributed by atoms with Gasteiger partial charge < -0.3 is 19.1 Å². The minimum absolute atomic E-state index is 0.168. The van der Waals surface area contributed by atoms with Crippen LogP contribution in [-0.4, -0.2) is 54.3 Å². The summed E-state index contributed by atoms with van der Waals surface area (Å²) in [6, 6.07) is 15.8. The van der Waals surface area contributed by atoms with Gasteiger partial charge in [0.05, 0.1) is 35.6 Å². The van der Waals surface area contributed by atoms with Crippen molar-refractivity contribution in [3.8, 4) is 11.3 Å². The molecule has 0 bridgehead atoms. The number of hydrogen-bond acceptors (Lipinski definition) is 6. The molecule has 0 saturated carbocycles. The Bertz CT molecular complexity index is 1330. The summed E-state index contributed by atoms with van der Waals surface area (Å²) < 4.78 is 24.3. The smallest absolute Gasteiger partial charge is 0.259 e. The van der Waals surface area contributed by atoms with Crippen LogP contribution in [0.3, 0.4) is 0 Å². The lowest BCUT2D eigenvalue weighted by Gasteiger charge is -2.31. The van der Waals surface area contributed by atoms with Crippen LogP contribution in [0, 0.1) is 12.7 Å². The SMILES string of the molecule is Cc1noc2nc(-c3ccc(F)cc3)cc(C(=O)N(C)Cc3ccccc3N3CCOCC3)c12. The van der Waals surface area contributed by atoms with Crippen LogP contribution < -0.4 is 4.90 Å². The molecular formula is C26H25FN4O3. The van der Waals surface area contributed by atoms with Gasteiger partial charge in [-0.2, -0.15) is 0 Å². The quantitative estimate of drug-likeness (QED) is 0.438. The summed E-state index contributed by atoms with van der Waals surface area (Å²) in [6.07, 6.45) is 0. The van der Waals surface area contributed by atoms with Crippen LogP contribution in [0.15, 0.2) is 59.1 Å². The molecule has 4 aromatic rings. The number of pyridine rings is 1. The Morgan fingerprint density at radius 2 is 1.85 bits per heavy atom. The van der Waals surface area contributed by atoms with Gasteiger partial charge in [0.15, 0.2) is 0 Å². The Hall–Kier alpha value is -3.78. The molecule has 0 N–H and O–H groups in total. The fourth-order valence-electron chi connectivity index (χ4n) is 4.32. The highest BCUT2D eigenvalue weighted by molar-refractivity contribution is 6.06. The van der Waals surface area contributed by atoms with Crippen molar-refractivity contribution < 1.29 is 18.4 Å². The second kappa shape index (κ2) is 9.23. The molecule has 8 heteroatoms.